The smallest absolute Gasteiger partial charge is 0.368 e. The maximum Gasteiger partial charge on any atom is 0.416 e. The van der Waals surface area contributed by atoms with Crippen molar-refractivity contribution >= 4 is 28.9 Å². The lowest BCUT2D eigenvalue weighted by Gasteiger charge is -2.49. The number of halogens is 4. The molecular weight excluding hydrogens is 439 g/mol. The summed E-state index contributed by atoms with van der Waals surface area (Å²) < 4.78 is 40.0. The van der Waals surface area contributed by atoms with Gasteiger partial charge in [0.15, 0.2) is 0 Å². The van der Waals surface area contributed by atoms with Gasteiger partial charge in [-0.15, -0.1) is 0 Å². The average molecular weight is 466 g/mol. The average Bonchev–Trinajstić information content (AvgIpc) is 2.75. The van der Waals surface area contributed by atoms with Crippen LogP contribution in [0.5, 0.6) is 0 Å². The van der Waals surface area contributed by atoms with E-state index in [0.29, 0.717) is 36.8 Å². The maximum atomic E-state index is 13.3. The summed E-state index contributed by atoms with van der Waals surface area (Å²) in [4.78, 5) is 17.5. The molecule has 0 aromatic heterocycles. The van der Waals surface area contributed by atoms with E-state index in [4.69, 9.17) is 11.6 Å². The Kier molecular flexibility index (Phi) is 6.30. The molecule has 4 nitrogen and oxygen atoms in total. The molecule has 0 spiro atoms. The lowest BCUT2D eigenvalue weighted by Crippen LogP contribution is -2.61. The lowest BCUT2D eigenvalue weighted by atomic mass is 9.82. The molecule has 2 aliphatic heterocycles. The predicted molar refractivity (Wildman–Crippen MR) is 121 cm³/mol. The number of amides is 1. The summed E-state index contributed by atoms with van der Waals surface area (Å²) in [6.07, 6.45) is -4.12. The Hall–Kier alpha value is -2.41. The summed E-state index contributed by atoms with van der Waals surface area (Å²) in [6, 6.07) is 11.4. The molecule has 0 bridgehead atoms. The van der Waals surface area contributed by atoms with Crippen LogP contribution in [0.1, 0.15) is 25.0 Å². The second-order valence-corrected chi connectivity index (χ2v) is 9.41. The van der Waals surface area contributed by atoms with Gasteiger partial charge in [0, 0.05) is 42.6 Å². The van der Waals surface area contributed by atoms with E-state index in [1.807, 2.05) is 38.1 Å². The SMILES string of the molecule is CC(C)CNC(=O)C1Cc2cc(C(F)(F)F)ccc2N2CCN(c3cccc(Cl)c3)CC12. The highest BCUT2D eigenvalue weighted by atomic mass is 35.5. The van der Waals surface area contributed by atoms with Crippen LogP contribution in [-0.2, 0) is 17.4 Å². The van der Waals surface area contributed by atoms with Gasteiger partial charge in [-0.25, -0.2) is 0 Å². The van der Waals surface area contributed by atoms with Gasteiger partial charge in [0.25, 0.3) is 0 Å². The number of hydrogen-bond acceptors (Lipinski definition) is 3. The van der Waals surface area contributed by atoms with Gasteiger partial charge in [0.1, 0.15) is 0 Å². The number of nitrogens with zero attached hydrogens (tertiary/aromatic N) is 2. The Bertz CT molecular complexity index is 995. The van der Waals surface area contributed by atoms with Crippen LogP contribution in [0.4, 0.5) is 24.5 Å². The standard InChI is InChI=1S/C24H27ClF3N3O/c1-15(2)13-29-23(32)20-11-16-10-17(24(26,27)28)6-7-21(16)31-9-8-30(14-22(20)31)19-5-3-4-18(25)12-19/h3-7,10,12,15,20,22H,8-9,11,13-14H2,1-2H3,(H,29,32). The molecule has 0 saturated carbocycles. The Balaban J connectivity index is 1.67. The number of piperazine rings is 1. The van der Waals surface area contributed by atoms with Crippen molar-refractivity contribution in [3.8, 4) is 0 Å². The van der Waals surface area contributed by atoms with Crippen LogP contribution >= 0.6 is 11.6 Å². The molecule has 1 saturated heterocycles. The Labute approximate surface area is 191 Å². The van der Waals surface area contributed by atoms with E-state index >= 15 is 0 Å². The van der Waals surface area contributed by atoms with E-state index in [-0.39, 0.29) is 24.3 Å². The lowest BCUT2D eigenvalue weighted by molar-refractivity contribution is -0.137. The van der Waals surface area contributed by atoms with Crippen molar-refractivity contribution in [2.45, 2.75) is 32.5 Å². The van der Waals surface area contributed by atoms with Crippen LogP contribution in [0, 0.1) is 11.8 Å². The highest BCUT2D eigenvalue weighted by Gasteiger charge is 2.42. The molecule has 1 amide bonds. The number of rotatable bonds is 4. The molecule has 32 heavy (non-hydrogen) atoms. The third-order valence-electron chi connectivity index (χ3n) is 6.23. The zero-order valence-electron chi connectivity index (χ0n) is 18.1. The van der Waals surface area contributed by atoms with Gasteiger partial charge >= 0.3 is 6.18 Å². The van der Waals surface area contributed by atoms with Gasteiger partial charge in [-0.1, -0.05) is 31.5 Å². The van der Waals surface area contributed by atoms with Gasteiger partial charge in [-0.3, -0.25) is 4.79 Å². The highest BCUT2D eigenvalue weighted by Crippen LogP contribution is 2.40. The first-order valence-corrected chi connectivity index (χ1v) is 11.3. The first-order chi connectivity index (χ1) is 15.1. The molecule has 1 N–H and O–H groups in total. The molecule has 2 aliphatic rings. The molecule has 4 rings (SSSR count). The molecule has 2 unspecified atom stereocenters. The van der Waals surface area contributed by atoms with Gasteiger partial charge in [-0.05, 0) is 54.3 Å². The van der Waals surface area contributed by atoms with Crippen LogP contribution in [0.3, 0.4) is 0 Å². The van der Waals surface area contributed by atoms with Crippen molar-refractivity contribution in [1.82, 2.24) is 5.32 Å². The number of anilines is 2. The van der Waals surface area contributed by atoms with E-state index < -0.39 is 17.7 Å². The van der Waals surface area contributed by atoms with Crippen LogP contribution in [0.2, 0.25) is 5.02 Å². The number of benzene rings is 2. The van der Waals surface area contributed by atoms with Gasteiger partial charge < -0.3 is 15.1 Å². The minimum atomic E-state index is -4.41. The summed E-state index contributed by atoms with van der Waals surface area (Å²) in [7, 11) is 0. The van der Waals surface area contributed by atoms with Gasteiger partial charge in [-0.2, -0.15) is 13.2 Å². The monoisotopic (exact) mass is 465 g/mol. The van der Waals surface area contributed by atoms with Crippen LogP contribution < -0.4 is 15.1 Å². The molecule has 2 atom stereocenters. The summed E-state index contributed by atoms with van der Waals surface area (Å²) in [5.74, 6) is -0.256. The summed E-state index contributed by atoms with van der Waals surface area (Å²) in [5, 5.41) is 3.64. The normalized spacial score (nSPS) is 20.7. The van der Waals surface area contributed by atoms with E-state index in [9.17, 15) is 18.0 Å². The van der Waals surface area contributed by atoms with Crippen molar-refractivity contribution in [2.24, 2.45) is 11.8 Å². The fourth-order valence-corrected chi connectivity index (χ4v) is 4.83. The minimum absolute atomic E-state index is 0.107. The first-order valence-electron chi connectivity index (χ1n) is 10.9. The largest absolute Gasteiger partial charge is 0.416 e. The summed E-state index contributed by atoms with van der Waals surface area (Å²) in [5.41, 5.74) is 1.68. The second kappa shape index (κ2) is 8.85. The third-order valence-corrected chi connectivity index (χ3v) is 6.47. The Morgan fingerprint density at radius 3 is 2.66 bits per heavy atom. The summed E-state index contributed by atoms with van der Waals surface area (Å²) in [6.45, 7) is 6.47. The fourth-order valence-electron chi connectivity index (χ4n) is 4.64. The number of fused-ring (bicyclic) bond motifs is 3. The van der Waals surface area contributed by atoms with E-state index in [2.05, 4.69) is 15.1 Å². The Morgan fingerprint density at radius 2 is 1.97 bits per heavy atom. The fraction of sp³-hybridized carbons (Fsp3) is 0.458. The number of hydrogen-bond donors (Lipinski definition) is 1. The molecule has 8 heteroatoms. The quantitative estimate of drug-likeness (QED) is 0.690. The van der Waals surface area contributed by atoms with Gasteiger partial charge in [0.2, 0.25) is 5.91 Å². The molecule has 172 valence electrons. The van der Waals surface area contributed by atoms with Gasteiger partial charge in [0.05, 0.1) is 17.5 Å². The van der Waals surface area contributed by atoms with Crippen LogP contribution in [0.15, 0.2) is 42.5 Å². The topological polar surface area (TPSA) is 35.6 Å². The minimum Gasteiger partial charge on any atom is -0.368 e. The molecule has 2 aromatic rings. The van der Waals surface area contributed by atoms with Crippen LogP contribution in [-0.4, -0.2) is 38.1 Å². The molecule has 2 heterocycles. The Morgan fingerprint density at radius 1 is 1.19 bits per heavy atom. The zero-order chi connectivity index (χ0) is 23.0. The molecule has 0 aliphatic carbocycles. The maximum absolute atomic E-state index is 13.3. The first kappa shape index (κ1) is 22.8. The molecular formula is C24H27ClF3N3O. The number of alkyl halides is 3. The van der Waals surface area contributed by atoms with Crippen molar-refractivity contribution < 1.29 is 18.0 Å². The van der Waals surface area contributed by atoms with E-state index in [1.54, 1.807) is 6.07 Å². The molecule has 2 aromatic carbocycles. The summed E-state index contributed by atoms with van der Waals surface area (Å²) >= 11 is 6.18. The number of carbonyl (C=O) groups excluding carboxylic acids is 1. The van der Waals surface area contributed by atoms with Crippen molar-refractivity contribution in [3.63, 3.8) is 0 Å². The van der Waals surface area contributed by atoms with Crippen molar-refractivity contribution in [2.75, 3.05) is 36.0 Å². The molecule has 1 fully saturated rings. The molecule has 0 radical (unpaired) electrons. The third kappa shape index (κ3) is 4.68. The predicted octanol–water partition coefficient (Wildman–Crippen LogP) is 5.00. The highest BCUT2D eigenvalue weighted by molar-refractivity contribution is 6.30. The van der Waals surface area contributed by atoms with E-state index in [1.165, 1.54) is 6.07 Å². The number of nitrogens with one attached hydrogen (secondary N) is 1. The zero-order valence-corrected chi connectivity index (χ0v) is 18.9. The van der Waals surface area contributed by atoms with E-state index in [0.717, 1.165) is 17.4 Å². The second-order valence-electron chi connectivity index (χ2n) is 8.98. The van der Waals surface area contributed by atoms with Crippen molar-refractivity contribution in [3.05, 3.63) is 58.6 Å². The number of carbonyl (C=O) groups is 1. The van der Waals surface area contributed by atoms with Crippen molar-refractivity contribution in [1.29, 1.82) is 0 Å². The van der Waals surface area contributed by atoms with Crippen LogP contribution in [0.25, 0.3) is 0 Å².